The maximum atomic E-state index is 9.39. The number of rotatable bonds is 4. The van der Waals surface area contributed by atoms with Crippen LogP contribution >= 0.6 is 27.7 Å². The minimum atomic E-state index is 0.189. The predicted molar refractivity (Wildman–Crippen MR) is 92.8 cm³/mol. The molecular formula is C15H14BrN3OS. The molecule has 0 unspecified atom stereocenters. The van der Waals surface area contributed by atoms with E-state index in [-0.39, 0.29) is 5.75 Å². The van der Waals surface area contributed by atoms with Gasteiger partial charge in [-0.15, -0.1) is 5.10 Å². The third-order valence-electron chi connectivity index (χ3n) is 2.56. The molecular weight excluding hydrogens is 350 g/mol. The van der Waals surface area contributed by atoms with E-state index in [1.54, 1.807) is 24.4 Å². The van der Waals surface area contributed by atoms with Crippen LogP contribution in [0.15, 0.2) is 63.2 Å². The third kappa shape index (κ3) is 5.24. The number of halogens is 1. The molecule has 0 bridgehead atoms. The van der Waals surface area contributed by atoms with E-state index in [4.69, 9.17) is 5.73 Å². The predicted octanol–water partition coefficient (Wildman–Crippen LogP) is 3.74. The zero-order valence-electron chi connectivity index (χ0n) is 11.1. The molecule has 2 aromatic rings. The zero-order chi connectivity index (χ0) is 15.1. The molecule has 0 saturated heterocycles. The highest BCUT2D eigenvalue weighted by Crippen LogP contribution is 2.23. The third-order valence-corrected chi connectivity index (χ3v) is 4.05. The Hall–Kier alpha value is -1.79. The van der Waals surface area contributed by atoms with Gasteiger partial charge in [0.1, 0.15) is 5.75 Å². The standard InChI is InChI=1S/C15H14BrN3OS/c16-13-8-12(6-7-14(13)20)9-18-19-15(17)21-10-11-4-2-1-3-5-11/h1-9,20H,10H2,(H2,17,19). The van der Waals surface area contributed by atoms with Crippen molar-refractivity contribution in [3.63, 3.8) is 0 Å². The molecule has 2 aromatic carbocycles. The van der Waals surface area contributed by atoms with Gasteiger partial charge in [-0.1, -0.05) is 42.1 Å². The van der Waals surface area contributed by atoms with Crippen LogP contribution in [0.2, 0.25) is 0 Å². The van der Waals surface area contributed by atoms with Gasteiger partial charge in [0.2, 0.25) is 0 Å². The van der Waals surface area contributed by atoms with Crippen LogP contribution in [0, 0.1) is 0 Å². The smallest absolute Gasteiger partial charge is 0.180 e. The molecule has 0 aromatic heterocycles. The fourth-order valence-electron chi connectivity index (χ4n) is 1.52. The van der Waals surface area contributed by atoms with Gasteiger partial charge in [0.25, 0.3) is 0 Å². The van der Waals surface area contributed by atoms with Crippen molar-refractivity contribution in [2.24, 2.45) is 15.9 Å². The number of benzene rings is 2. The van der Waals surface area contributed by atoms with Crippen LogP contribution in [-0.2, 0) is 5.75 Å². The summed E-state index contributed by atoms with van der Waals surface area (Å²) in [6.07, 6.45) is 1.58. The van der Waals surface area contributed by atoms with E-state index < -0.39 is 0 Å². The Bertz CT molecular complexity index is 659. The molecule has 0 spiro atoms. The Labute approximate surface area is 135 Å². The van der Waals surface area contributed by atoms with E-state index in [2.05, 4.69) is 26.1 Å². The maximum absolute atomic E-state index is 9.39. The number of hydrogen-bond donors (Lipinski definition) is 2. The van der Waals surface area contributed by atoms with Gasteiger partial charge in [-0.05, 0) is 45.3 Å². The molecule has 2 rings (SSSR count). The number of hydrogen-bond acceptors (Lipinski definition) is 4. The van der Waals surface area contributed by atoms with Crippen molar-refractivity contribution < 1.29 is 5.11 Å². The van der Waals surface area contributed by atoms with Gasteiger partial charge in [0.15, 0.2) is 5.17 Å². The molecule has 0 radical (unpaired) electrons. The largest absolute Gasteiger partial charge is 0.507 e. The Kier molecular flexibility index (Phi) is 5.83. The monoisotopic (exact) mass is 363 g/mol. The second kappa shape index (κ2) is 7.85. The Morgan fingerprint density at radius 1 is 1.24 bits per heavy atom. The van der Waals surface area contributed by atoms with Gasteiger partial charge in [-0.3, -0.25) is 0 Å². The lowest BCUT2D eigenvalue weighted by Crippen LogP contribution is -2.05. The average molecular weight is 364 g/mol. The van der Waals surface area contributed by atoms with Crippen molar-refractivity contribution in [2.45, 2.75) is 5.75 Å². The molecule has 21 heavy (non-hydrogen) atoms. The van der Waals surface area contributed by atoms with Gasteiger partial charge in [-0.25, -0.2) is 0 Å². The molecule has 6 heteroatoms. The van der Waals surface area contributed by atoms with Crippen molar-refractivity contribution in [3.05, 3.63) is 64.1 Å². The number of nitrogens with zero attached hydrogens (tertiary/aromatic N) is 2. The summed E-state index contributed by atoms with van der Waals surface area (Å²) in [6.45, 7) is 0. The van der Waals surface area contributed by atoms with Crippen LogP contribution in [0.25, 0.3) is 0 Å². The van der Waals surface area contributed by atoms with Crippen LogP contribution in [0.1, 0.15) is 11.1 Å². The lowest BCUT2D eigenvalue weighted by molar-refractivity contribution is 0.472. The van der Waals surface area contributed by atoms with E-state index in [9.17, 15) is 5.11 Å². The summed E-state index contributed by atoms with van der Waals surface area (Å²) in [5.74, 6) is 0.949. The van der Waals surface area contributed by atoms with Gasteiger partial charge in [0.05, 0.1) is 10.7 Å². The maximum Gasteiger partial charge on any atom is 0.180 e. The quantitative estimate of drug-likeness (QED) is 0.493. The number of aromatic hydroxyl groups is 1. The lowest BCUT2D eigenvalue weighted by Gasteiger charge is -1.99. The fraction of sp³-hybridized carbons (Fsp3) is 0.0667. The molecule has 0 heterocycles. The normalized spacial score (nSPS) is 12.0. The molecule has 0 aliphatic rings. The summed E-state index contributed by atoms with van der Waals surface area (Å²) < 4.78 is 0.613. The first kappa shape index (κ1) is 15.6. The summed E-state index contributed by atoms with van der Waals surface area (Å²) in [6, 6.07) is 15.1. The highest BCUT2D eigenvalue weighted by molar-refractivity contribution is 9.10. The molecule has 4 nitrogen and oxygen atoms in total. The van der Waals surface area contributed by atoms with Crippen molar-refractivity contribution in [1.82, 2.24) is 0 Å². The highest BCUT2D eigenvalue weighted by Gasteiger charge is 1.98. The van der Waals surface area contributed by atoms with E-state index >= 15 is 0 Å². The summed E-state index contributed by atoms with van der Waals surface area (Å²) in [7, 11) is 0. The Balaban J connectivity index is 1.90. The first-order valence-corrected chi connectivity index (χ1v) is 7.95. The molecule has 0 saturated carbocycles. The molecule has 0 fully saturated rings. The summed E-state index contributed by atoms with van der Waals surface area (Å²) >= 11 is 4.68. The summed E-state index contributed by atoms with van der Waals surface area (Å²) in [4.78, 5) is 0. The Morgan fingerprint density at radius 3 is 2.71 bits per heavy atom. The van der Waals surface area contributed by atoms with Gasteiger partial charge >= 0.3 is 0 Å². The zero-order valence-corrected chi connectivity index (χ0v) is 13.5. The first-order chi connectivity index (χ1) is 10.1. The van der Waals surface area contributed by atoms with Crippen molar-refractivity contribution in [2.75, 3.05) is 0 Å². The van der Waals surface area contributed by atoms with E-state index in [0.29, 0.717) is 9.64 Å². The molecule has 108 valence electrons. The van der Waals surface area contributed by atoms with Crippen LogP contribution < -0.4 is 5.73 Å². The number of amidine groups is 1. The first-order valence-electron chi connectivity index (χ1n) is 6.17. The highest BCUT2D eigenvalue weighted by atomic mass is 79.9. The molecule has 0 atom stereocenters. The number of phenolic OH excluding ortho intramolecular Hbond substituents is 1. The second-order valence-corrected chi connectivity index (χ2v) is 6.02. The number of phenols is 1. The summed E-state index contributed by atoms with van der Waals surface area (Å²) in [5, 5.41) is 17.7. The SMILES string of the molecule is NC(=NN=Cc1ccc(O)c(Br)c1)SCc1ccccc1. The van der Waals surface area contributed by atoms with Crippen LogP contribution in [0.5, 0.6) is 5.75 Å². The fourth-order valence-corrected chi connectivity index (χ4v) is 2.52. The average Bonchev–Trinajstić information content (AvgIpc) is 2.50. The van der Waals surface area contributed by atoms with Crippen LogP contribution in [-0.4, -0.2) is 16.5 Å². The Morgan fingerprint density at radius 2 is 2.00 bits per heavy atom. The number of nitrogens with two attached hydrogens (primary N) is 1. The number of thioether (sulfide) groups is 1. The molecule has 0 aliphatic carbocycles. The van der Waals surface area contributed by atoms with Gasteiger partial charge in [-0.2, -0.15) is 5.10 Å². The van der Waals surface area contributed by atoms with Crippen molar-refractivity contribution in [3.8, 4) is 5.75 Å². The minimum absolute atomic E-state index is 0.189. The minimum Gasteiger partial charge on any atom is -0.507 e. The molecule has 0 aliphatic heterocycles. The van der Waals surface area contributed by atoms with Crippen LogP contribution in [0.3, 0.4) is 0 Å². The van der Waals surface area contributed by atoms with E-state index in [0.717, 1.165) is 11.3 Å². The lowest BCUT2D eigenvalue weighted by atomic mass is 10.2. The topological polar surface area (TPSA) is 71.0 Å². The molecule has 0 amide bonds. The van der Waals surface area contributed by atoms with Crippen LogP contribution in [0.4, 0.5) is 0 Å². The summed E-state index contributed by atoms with van der Waals surface area (Å²) in [5.41, 5.74) is 7.80. The van der Waals surface area contributed by atoms with E-state index in [1.807, 2.05) is 30.3 Å². The van der Waals surface area contributed by atoms with Gasteiger partial charge < -0.3 is 10.8 Å². The van der Waals surface area contributed by atoms with Crippen molar-refractivity contribution >= 4 is 39.1 Å². The second-order valence-electron chi connectivity index (χ2n) is 4.17. The van der Waals surface area contributed by atoms with Gasteiger partial charge in [0, 0.05) is 5.75 Å². The molecule has 3 N–H and O–H groups in total. The van der Waals surface area contributed by atoms with E-state index in [1.165, 1.54) is 17.3 Å². The van der Waals surface area contributed by atoms with Crippen molar-refractivity contribution in [1.29, 1.82) is 0 Å².